The Balaban J connectivity index is 3.38. The molecule has 0 saturated carbocycles. The molecule has 11 heavy (non-hydrogen) atoms. The van der Waals surface area contributed by atoms with Gasteiger partial charge in [0.25, 0.3) is 0 Å². The molecule has 0 aromatic carbocycles. The van der Waals surface area contributed by atoms with Crippen LogP contribution in [-0.2, 0) is 4.43 Å². The predicted molar refractivity (Wildman–Crippen MR) is 56.7 cm³/mol. The van der Waals surface area contributed by atoms with Gasteiger partial charge in [-0.05, 0) is 25.4 Å². The summed E-state index contributed by atoms with van der Waals surface area (Å²) in [5, 5.41) is 0. The largest absolute Gasteiger partial charge is 0.417 e. The molecular formula is C8H19BrOSi. The van der Waals surface area contributed by atoms with Crippen LogP contribution in [0.25, 0.3) is 0 Å². The van der Waals surface area contributed by atoms with Crippen LogP contribution in [-0.4, -0.2) is 19.9 Å². The molecule has 0 amide bonds. The van der Waals surface area contributed by atoms with Crippen molar-refractivity contribution in [2.75, 3.05) is 11.6 Å². The zero-order chi connectivity index (χ0) is 8.91. The lowest BCUT2D eigenvalue weighted by Gasteiger charge is -2.20. The first kappa shape index (κ1) is 11.7. The van der Waals surface area contributed by atoms with E-state index in [2.05, 4.69) is 42.9 Å². The molecule has 0 unspecified atom stereocenters. The molecule has 0 N–H and O–H groups in total. The SMILES string of the molecule is CC(C)CCO[Si](C)(C)CBr. The fourth-order valence-corrected chi connectivity index (χ4v) is 1.84. The highest BCUT2D eigenvalue weighted by atomic mass is 79.9. The van der Waals surface area contributed by atoms with E-state index in [0.717, 1.165) is 17.5 Å². The van der Waals surface area contributed by atoms with E-state index in [-0.39, 0.29) is 0 Å². The summed E-state index contributed by atoms with van der Waals surface area (Å²) in [4.78, 5) is 1.04. The van der Waals surface area contributed by atoms with E-state index in [4.69, 9.17) is 4.43 Å². The molecule has 0 aromatic rings. The third-order valence-corrected chi connectivity index (χ3v) is 7.19. The van der Waals surface area contributed by atoms with Gasteiger partial charge in [-0.1, -0.05) is 29.8 Å². The van der Waals surface area contributed by atoms with Gasteiger partial charge in [-0.15, -0.1) is 0 Å². The maximum atomic E-state index is 5.78. The van der Waals surface area contributed by atoms with Crippen LogP contribution in [0.4, 0.5) is 0 Å². The normalized spacial score (nSPS) is 12.5. The molecule has 0 radical (unpaired) electrons. The van der Waals surface area contributed by atoms with Crippen LogP contribution in [0.5, 0.6) is 0 Å². The lowest BCUT2D eigenvalue weighted by Crippen LogP contribution is -2.33. The van der Waals surface area contributed by atoms with Crippen LogP contribution in [0.1, 0.15) is 20.3 Å². The van der Waals surface area contributed by atoms with Gasteiger partial charge < -0.3 is 4.43 Å². The first-order chi connectivity index (χ1) is 4.98. The summed E-state index contributed by atoms with van der Waals surface area (Å²) < 4.78 is 5.78. The summed E-state index contributed by atoms with van der Waals surface area (Å²) in [5.74, 6) is 0.759. The first-order valence-electron chi connectivity index (χ1n) is 4.18. The van der Waals surface area contributed by atoms with Crippen LogP contribution >= 0.6 is 15.9 Å². The smallest absolute Gasteiger partial charge is 0.197 e. The summed E-state index contributed by atoms with van der Waals surface area (Å²) in [6, 6.07) is 0. The Labute approximate surface area is 79.8 Å². The first-order valence-corrected chi connectivity index (χ1v) is 8.41. The lowest BCUT2D eigenvalue weighted by atomic mass is 10.2. The molecule has 0 spiro atoms. The van der Waals surface area contributed by atoms with E-state index in [1.807, 2.05) is 0 Å². The standard InChI is InChI=1S/C8H19BrOSi/c1-8(2)5-6-10-11(3,4)7-9/h8H,5-7H2,1-4H3. The van der Waals surface area contributed by atoms with Crippen molar-refractivity contribution in [3.8, 4) is 0 Å². The summed E-state index contributed by atoms with van der Waals surface area (Å²) >= 11 is 3.47. The molecule has 0 bridgehead atoms. The molecular weight excluding hydrogens is 220 g/mol. The summed E-state index contributed by atoms with van der Waals surface area (Å²) in [7, 11) is -1.33. The van der Waals surface area contributed by atoms with Gasteiger partial charge in [-0.25, -0.2) is 0 Å². The predicted octanol–water partition coefficient (Wildman–Crippen LogP) is 3.19. The molecule has 0 atom stereocenters. The van der Waals surface area contributed by atoms with E-state index < -0.39 is 8.32 Å². The van der Waals surface area contributed by atoms with Gasteiger partial charge in [0.2, 0.25) is 0 Å². The van der Waals surface area contributed by atoms with E-state index in [9.17, 15) is 0 Å². The molecule has 0 aliphatic rings. The molecule has 0 aromatic heterocycles. The molecule has 0 aliphatic heterocycles. The van der Waals surface area contributed by atoms with Gasteiger partial charge >= 0.3 is 0 Å². The van der Waals surface area contributed by atoms with Crippen LogP contribution < -0.4 is 0 Å². The Kier molecular flexibility index (Phi) is 5.65. The van der Waals surface area contributed by atoms with Crippen LogP contribution in [0, 0.1) is 5.92 Å². The van der Waals surface area contributed by atoms with Gasteiger partial charge in [0.05, 0.1) is 0 Å². The van der Waals surface area contributed by atoms with Gasteiger partial charge in [-0.3, -0.25) is 0 Å². The quantitative estimate of drug-likeness (QED) is 0.529. The Morgan fingerprint density at radius 2 is 1.91 bits per heavy atom. The molecule has 0 rings (SSSR count). The van der Waals surface area contributed by atoms with E-state index in [0.29, 0.717) is 0 Å². The monoisotopic (exact) mass is 238 g/mol. The maximum Gasteiger partial charge on any atom is 0.197 e. The highest BCUT2D eigenvalue weighted by molar-refractivity contribution is 9.09. The average molecular weight is 239 g/mol. The van der Waals surface area contributed by atoms with Crippen molar-refractivity contribution < 1.29 is 4.43 Å². The minimum Gasteiger partial charge on any atom is -0.417 e. The minimum absolute atomic E-state index is 0.759. The molecule has 68 valence electrons. The maximum absolute atomic E-state index is 5.78. The zero-order valence-electron chi connectivity index (χ0n) is 7.98. The second kappa shape index (κ2) is 5.33. The Bertz CT molecular complexity index is 104. The van der Waals surface area contributed by atoms with Crippen LogP contribution in [0.3, 0.4) is 0 Å². The minimum atomic E-state index is -1.33. The fraction of sp³-hybridized carbons (Fsp3) is 1.00. The molecule has 3 heteroatoms. The molecule has 0 saturated heterocycles. The van der Waals surface area contributed by atoms with Crippen molar-refractivity contribution in [2.45, 2.75) is 33.4 Å². The number of rotatable bonds is 5. The van der Waals surface area contributed by atoms with Crippen LogP contribution in [0.2, 0.25) is 13.1 Å². The van der Waals surface area contributed by atoms with E-state index in [1.54, 1.807) is 0 Å². The lowest BCUT2D eigenvalue weighted by molar-refractivity contribution is 0.283. The zero-order valence-corrected chi connectivity index (χ0v) is 10.6. The van der Waals surface area contributed by atoms with Crippen molar-refractivity contribution in [2.24, 2.45) is 5.92 Å². The van der Waals surface area contributed by atoms with E-state index in [1.165, 1.54) is 6.42 Å². The fourth-order valence-electron chi connectivity index (χ4n) is 0.609. The van der Waals surface area contributed by atoms with Crippen molar-refractivity contribution in [1.29, 1.82) is 0 Å². The summed E-state index contributed by atoms with van der Waals surface area (Å²) in [5.41, 5.74) is 0. The Morgan fingerprint density at radius 1 is 1.36 bits per heavy atom. The topological polar surface area (TPSA) is 9.23 Å². The molecule has 0 aliphatic carbocycles. The van der Waals surface area contributed by atoms with E-state index >= 15 is 0 Å². The van der Waals surface area contributed by atoms with Gasteiger partial charge in [0.15, 0.2) is 8.32 Å². The summed E-state index contributed by atoms with van der Waals surface area (Å²) in [6.07, 6.45) is 1.18. The number of halogens is 1. The van der Waals surface area contributed by atoms with Gasteiger partial charge in [0, 0.05) is 11.6 Å². The van der Waals surface area contributed by atoms with Gasteiger partial charge in [0.1, 0.15) is 0 Å². The summed E-state index contributed by atoms with van der Waals surface area (Å²) in [6.45, 7) is 9.87. The third-order valence-electron chi connectivity index (χ3n) is 1.51. The Hall–Kier alpha value is 0.657. The number of hydrogen-bond donors (Lipinski definition) is 0. The van der Waals surface area contributed by atoms with Crippen molar-refractivity contribution in [3.63, 3.8) is 0 Å². The van der Waals surface area contributed by atoms with Gasteiger partial charge in [-0.2, -0.15) is 0 Å². The molecule has 0 fully saturated rings. The van der Waals surface area contributed by atoms with Crippen molar-refractivity contribution in [3.05, 3.63) is 0 Å². The number of alkyl halides is 1. The number of hydrogen-bond acceptors (Lipinski definition) is 1. The van der Waals surface area contributed by atoms with Crippen molar-refractivity contribution >= 4 is 24.2 Å². The molecule has 0 heterocycles. The van der Waals surface area contributed by atoms with Crippen LogP contribution in [0.15, 0.2) is 0 Å². The second-order valence-corrected chi connectivity index (χ2v) is 9.68. The average Bonchev–Trinajstić information content (AvgIpc) is 1.87. The molecule has 1 nitrogen and oxygen atoms in total. The second-order valence-electron chi connectivity index (χ2n) is 3.92. The highest BCUT2D eigenvalue weighted by Gasteiger charge is 2.19. The van der Waals surface area contributed by atoms with Crippen molar-refractivity contribution in [1.82, 2.24) is 0 Å². The third kappa shape index (κ3) is 7.03. The Morgan fingerprint density at radius 3 is 2.27 bits per heavy atom. The highest BCUT2D eigenvalue weighted by Crippen LogP contribution is 2.09.